The zero-order valence-electron chi connectivity index (χ0n) is 16.1. The predicted octanol–water partition coefficient (Wildman–Crippen LogP) is 5.69. The van der Waals surface area contributed by atoms with E-state index >= 15 is 0 Å². The highest BCUT2D eigenvalue weighted by Gasteiger charge is 2.22. The summed E-state index contributed by atoms with van der Waals surface area (Å²) in [5.74, 6) is 1.26. The van der Waals surface area contributed by atoms with Crippen LogP contribution in [-0.4, -0.2) is 20.8 Å². The van der Waals surface area contributed by atoms with E-state index in [0.717, 1.165) is 38.1 Å². The van der Waals surface area contributed by atoms with Crippen molar-refractivity contribution in [1.82, 2.24) is 14.8 Å². The van der Waals surface area contributed by atoms with Crippen LogP contribution in [0.1, 0.15) is 30.9 Å². The number of carbonyl (C=O) groups excluding carboxylic acids is 1. The Morgan fingerprint density at radius 2 is 1.87 bits per heavy atom. The third-order valence-electron chi connectivity index (χ3n) is 5.04. The van der Waals surface area contributed by atoms with Crippen LogP contribution in [0.25, 0.3) is 0 Å². The SMILES string of the molecule is O=C(Nc1ccc(Cl)c(Cl)c1)N(Cc1nnc2n1CCCCC2)c1ccc(F)cc1. The lowest BCUT2D eigenvalue weighted by Gasteiger charge is -2.23. The standard InChI is InChI=1S/C21H20Cl2FN5O/c22-17-10-7-15(12-18(17)23)25-21(30)29(16-8-5-14(24)6-9-16)13-20-27-26-19-4-2-1-3-11-28(19)20/h5-10,12H,1-4,11,13H2,(H,25,30). The Labute approximate surface area is 183 Å². The molecule has 6 nitrogen and oxygen atoms in total. The highest BCUT2D eigenvalue weighted by atomic mass is 35.5. The van der Waals surface area contributed by atoms with Crippen molar-refractivity contribution in [3.63, 3.8) is 0 Å². The molecule has 2 heterocycles. The normalized spacial score (nSPS) is 13.4. The first-order valence-electron chi connectivity index (χ1n) is 9.71. The van der Waals surface area contributed by atoms with Crippen LogP contribution in [0.5, 0.6) is 0 Å². The van der Waals surface area contributed by atoms with Crippen LogP contribution in [0, 0.1) is 5.82 Å². The van der Waals surface area contributed by atoms with Gasteiger partial charge in [0, 0.05) is 24.3 Å². The molecule has 0 saturated carbocycles. The Balaban J connectivity index is 1.63. The Morgan fingerprint density at radius 3 is 2.63 bits per heavy atom. The molecule has 1 N–H and O–H groups in total. The second-order valence-electron chi connectivity index (χ2n) is 7.12. The van der Waals surface area contributed by atoms with Gasteiger partial charge in [0.25, 0.3) is 0 Å². The molecule has 1 aromatic heterocycles. The Kier molecular flexibility index (Phi) is 6.20. The maximum atomic E-state index is 13.5. The summed E-state index contributed by atoms with van der Waals surface area (Å²) in [6.45, 7) is 1.02. The fourth-order valence-electron chi connectivity index (χ4n) is 3.47. The fraction of sp³-hybridized carbons (Fsp3) is 0.286. The summed E-state index contributed by atoms with van der Waals surface area (Å²) in [7, 11) is 0. The van der Waals surface area contributed by atoms with Crippen molar-refractivity contribution in [3.05, 3.63) is 70.0 Å². The number of rotatable bonds is 4. The number of amides is 2. The van der Waals surface area contributed by atoms with E-state index in [1.165, 1.54) is 17.0 Å². The molecule has 9 heteroatoms. The van der Waals surface area contributed by atoms with Gasteiger partial charge in [-0.15, -0.1) is 10.2 Å². The number of hydrogen-bond donors (Lipinski definition) is 1. The summed E-state index contributed by atoms with van der Waals surface area (Å²) in [6, 6.07) is 10.2. The minimum absolute atomic E-state index is 0.200. The van der Waals surface area contributed by atoms with Gasteiger partial charge in [-0.3, -0.25) is 4.90 Å². The van der Waals surface area contributed by atoms with E-state index in [-0.39, 0.29) is 12.4 Å². The van der Waals surface area contributed by atoms with Gasteiger partial charge in [0.15, 0.2) is 5.82 Å². The molecule has 0 saturated heterocycles. The second-order valence-corrected chi connectivity index (χ2v) is 7.93. The largest absolute Gasteiger partial charge is 0.326 e. The third kappa shape index (κ3) is 4.57. The zero-order chi connectivity index (χ0) is 21.1. The molecule has 0 bridgehead atoms. The van der Waals surface area contributed by atoms with Crippen LogP contribution in [0.2, 0.25) is 10.0 Å². The molecule has 0 aliphatic carbocycles. The van der Waals surface area contributed by atoms with Crippen molar-refractivity contribution in [1.29, 1.82) is 0 Å². The summed E-state index contributed by atoms with van der Waals surface area (Å²) in [6.07, 6.45) is 4.14. The van der Waals surface area contributed by atoms with Crippen molar-refractivity contribution < 1.29 is 9.18 Å². The minimum atomic E-state index is -0.397. The van der Waals surface area contributed by atoms with E-state index in [1.54, 1.807) is 30.3 Å². The van der Waals surface area contributed by atoms with Crippen molar-refractivity contribution in [3.8, 4) is 0 Å². The Morgan fingerprint density at radius 1 is 1.07 bits per heavy atom. The average Bonchev–Trinajstić information content (AvgIpc) is 2.95. The Bertz CT molecular complexity index is 1050. The number of nitrogens with zero attached hydrogens (tertiary/aromatic N) is 4. The molecule has 0 unspecified atom stereocenters. The number of halogens is 3. The number of carbonyl (C=O) groups is 1. The topological polar surface area (TPSA) is 63.1 Å². The van der Waals surface area contributed by atoms with Crippen LogP contribution in [0.15, 0.2) is 42.5 Å². The molecule has 0 radical (unpaired) electrons. The molecule has 0 atom stereocenters. The van der Waals surface area contributed by atoms with Gasteiger partial charge in [0.05, 0.1) is 16.6 Å². The van der Waals surface area contributed by atoms with Crippen LogP contribution >= 0.6 is 23.2 Å². The van der Waals surface area contributed by atoms with Gasteiger partial charge in [0.1, 0.15) is 11.6 Å². The summed E-state index contributed by atoms with van der Waals surface area (Å²) in [4.78, 5) is 14.6. The summed E-state index contributed by atoms with van der Waals surface area (Å²) < 4.78 is 15.5. The molecule has 2 aromatic carbocycles. The molecule has 1 aliphatic rings. The van der Waals surface area contributed by atoms with Gasteiger partial charge >= 0.3 is 6.03 Å². The number of anilines is 2. The lowest BCUT2D eigenvalue weighted by Crippen LogP contribution is -2.35. The average molecular weight is 448 g/mol. The first kappa shape index (κ1) is 20.6. The summed E-state index contributed by atoms with van der Waals surface area (Å²) >= 11 is 12.0. The van der Waals surface area contributed by atoms with Crippen LogP contribution in [-0.2, 0) is 19.5 Å². The molecule has 156 valence electrons. The Hall–Kier alpha value is -2.64. The summed E-state index contributed by atoms with van der Waals surface area (Å²) in [5, 5.41) is 12.2. The molecule has 30 heavy (non-hydrogen) atoms. The maximum absolute atomic E-state index is 13.5. The molecule has 3 aromatic rings. The fourth-order valence-corrected chi connectivity index (χ4v) is 3.77. The predicted molar refractivity (Wildman–Crippen MR) is 116 cm³/mol. The number of aryl methyl sites for hydroxylation is 1. The molecular weight excluding hydrogens is 428 g/mol. The quantitative estimate of drug-likeness (QED) is 0.558. The molecular formula is C21H20Cl2FN5O. The summed E-state index contributed by atoms with van der Waals surface area (Å²) in [5.41, 5.74) is 1.04. The molecule has 4 rings (SSSR count). The second kappa shape index (κ2) is 9.02. The van der Waals surface area contributed by atoms with Gasteiger partial charge in [-0.2, -0.15) is 0 Å². The molecule has 0 fully saturated rings. The van der Waals surface area contributed by atoms with Gasteiger partial charge < -0.3 is 9.88 Å². The number of aromatic nitrogens is 3. The van der Waals surface area contributed by atoms with Gasteiger partial charge in [-0.05, 0) is 55.3 Å². The number of hydrogen-bond acceptors (Lipinski definition) is 3. The van der Waals surface area contributed by atoms with Crippen molar-refractivity contribution in [2.45, 2.75) is 38.8 Å². The first-order chi connectivity index (χ1) is 14.5. The lowest BCUT2D eigenvalue weighted by molar-refractivity contribution is 0.256. The lowest BCUT2D eigenvalue weighted by atomic mass is 10.2. The van der Waals surface area contributed by atoms with Crippen molar-refractivity contribution in [2.75, 3.05) is 10.2 Å². The number of fused-ring (bicyclic) bond motifs is 1. The van der Waals surface area contributed by atoms with Crippen LogP contribution in [0.4, 0.5) is 20.6 Å². The van der Waals surface area contributed by atoms with Gasteiger partial charge in [-0.1, -0.05) is 29.6 Å². The molecule has 1 aliphatic heterocycles. The van der Waals surface area contributed by atoms with Crippen LogP contribution in [0.3, 0.4) is 0 Å². The van der Waals surface area contributed by atoms with Crippen LogP contribution < -0.4 is 10.2 Å². The van der Waals surface area contributed by atoms with E-state index in [0.29, 0.717) is 27.2 Å². The maximum Gasteiger partial charge on any atom is 0.326 e. The number of urea groups is 1. The third-order valence-corrected chi connectivity index (χ3v) is 5.78. The van der Waals surface area contributed by atoms with Gasteiger partial charge in [-0.25, -0.2) is 9.18 Å². The van der Waals surface area contributed by atoms with Gasteiger partial charge in [0.2, 0.25) is 0 Å². The molecule has 0 spiro atoms. The van der Waals surface area contributed by atoms with Crippen molar-refractivity contribution >= 4 is 40.6 Å². The highest BCUT2D eigenvalue weighted by molar-refractivity contribution is 6.42. The number of benzene rings is 2. The minimum Gasteiger partial charge on any atom is -0.313 e. The van der Waals surface area contributed by atoms with E-state index in [2.05, 4.69) is 20.1 Å². The number of nitrogens with one attached hydrogen (secondary N) is 1. The first-order valence-corrected chi connectivity index (χ1v) is 10.5. The monoisotopic (exact) mass is 447 g/mol. The van der Waals surface area contributed by atoms with E-state index in [4.69, 9.17) is 23.2 Å². The zero-order valence-corrected chi connectivity index (χ0v) is 17.6. The molecule has 2 amide bonds. The van der Waals surface area contributed by atoms with Crippen molar-refractivity contribution in [2.24, 2.45) is 0 Å². The van der Waals surface area contributed by atoms with E-state index in [9.17, 15) is 9.18 Å². The van der Waals surface area contributed by atoms with E-state index < -0.39 is 6.03 Å². The highest BCUT2D eigenvalue weighted by Crippen LogP contribution is 2.26. The van der Waals surface area contributed by atoms with E-state index in [1.807, 2.05) is 0 Å². The smallest absolute Gasteiger partial charge is 0.313 e.